The van der Waals surface area contributed by atoms with Gasteiger partial charge in [0, 0.05) is 37.8 Å². The van der Waals surface area contributed by atoms with E-state index in [2.05, 4.69) is 20.6 Å². The number of amides is 1. The molecule has 0 bridgehead atoms. The second-order valence-corrected chi connectivity index (χ2v) is 11.5. The van der Waals surface area contributed by atoms with Gasteiger partial charge in [-0.15, -0.1) is 0 Å². The van der Waals surface area contributed by atoms with Crippen molar-refractivity contribution in [1.82, 2.24) is 24.8 Å². The largest absolute Gasteiger partial charge is 0.444 e. The zero-order valence-corrected chi connectivity index (χ0v) is 23.5. The average molecular weight is 576 g/mol. The number of carbonyl (C=O) groups excluding carboxylic acids is 1. The van der Waals surface area contributed by atoms with Crippen molar-refractivity contribution in [2.24, 2.45) is 5.92 Å². The van der Waals surface area contributed by atoms with Gasteiger partial charge in [0.15, 0.2) is 5.82 Å². The summed E-state index contributed by atoms with van der Waals surface area (Å²) in [4.78, 5) is 27.5. The van der Waals surface area contributed by atoms with Crippen LogP contribution in [0.4, 0.5) is 29.7 Å². The van der Waals surface area contributed by atoms with E-state index < -0.39 is 29.8 Å². The molecule has 1 saturated carbocycles. The summed E-state index contributed by atoms with van der Waals surface area (Å²) in [7, 11) is 0. The van der Waals surface area contributed by atoms with Gasteiger partial charge in [0.05, 0.1) is 24.2 Å². The molecular formula is C28H36F3N7O3. The fourth-order valence-electron chi connectivity index (χ4n) is 5.25. The lowest BCUT2D eigenvalue weighted by molar-refractivity contribution is 0.0488. The SMILES string of the molecule is CC(C)(C)OC(=O)NC1CCC(CNc2nc(N3CCOCC3)cc(-n3c(C(F)F)nc4ccc(F)cc43)n2)CC1. The Labute approximate surface area is 236 Å². The van der Waals surface area contributed by atoms with Crippen LogP contribution in [0.25, 0.3) is 16.9 Å². The molecule has 3 heterocycles. The van der Waals surface area contributed by atoms with Crippen molar-refractivity contribution in [3.63, 3.8) is 0 Å². The van der Waals surface area contributed by atoms with Crippen molar-refractivity contribution in [2.45, 2.75) is 64.5 Å². The molecule has 0 atom stereocenters. The van der Waals surface area contributed by atoms with Crippen LogP contribution < -0.4 is 15.5 Å². The van der Waals surface area contributed by atoms with Crippen LogP contribution in [-0.4, -0.2) is 70.1 Å². The average Bonchev–Trinajstić information content (AvgIpc) is 3.31. The number of nitrogens with zero attached hydrogens (tertiary/aromatic N) is 5. The minimum atomic E-state index is -2.90. The van der Waals surface area contributed by atoms with Crippen LogP contribution in [0.1, 0.15) is 58.7 Å². The number of fused-ring (bicyclic) bond motifs is 1. The molecule has 5 rings (SSSR count). The minimum Gasteiger partial charge on any atom is -0.444 e. The Balaban J connectivity index is 1.35. The number of hydrogen-bond donors (Lipinski definition) is 2. The number of rotatable bonds is 7. The zero-order chi connectivity index (χ0) is 29.1. The van der Waals surface area contributed by atoms with Gasteiger partial charge in [-0.05, 0) is 64.5 Å². The van der Waals surface area contributed by atoms with E-state index in [0.717, 1.165) is 25.7 Å². The summed E-state index contributed by atoms with van der Waals surface area (Å²) >= 11 is 0. The monoisotopic (exact) mass is 575 g/mol. The van der Waals surface area contributed by atoms with E-state index in [0.29, 0.717) is 44.6 Å². The van der Waals surface area contributed by atoms with Crippen molar-refractivity contribution in [1.29, 1.82) is 0 Å². The van der Waals surface area contributed by atoms with Crippen molar-refractivity contribution in [3.05, 3.63) is 35.9 Å². The highest BCUT2D eigenvalue weighted by Crippen LogP contribution is 2.30. The second-order valence-electron chi connectivity index (χ2n) is 11.5. The molecule has 0 spiro atoms. The molecule has 3 aromatic rings. The first kappa shape index (κ1) is 28.9. The molecule has 2 aromatic heterocycles. The van der Waals surface area contributed by atoms with Crippen LogP contribution in [0.3, 0.4) is 0 Å². The van der Waals surface area contributed by atoms with Crippen molar-refractivity contribution >= 4 is 28.9 Å². The third-order valence-corrected chi connectivity index (χ3v) is 7.22. The number of hydrogen-bond acceptors (Lipinski definition) is 8. The van der Waals surface area contributed by atoms with Crippen LogP contribution in [0.5, 0.6) is 0 Å². The Morgan fingerprint density at radius 2 is 1.78 bits per heavy atom. The summed E-state index contributed by atoms with van der Waals surface area (Å²) in [5.41, 5.74) is -0.0965. The molecule has 1 saturated heterocycles. The van der Waals surface area contributed by atoms with Crippen LogP contribution in [0.2, 0.25) is 0 Å². The molecule has 2 fully saturated rings. The number of ether oxygens (including phenoxy) is 2. The molecule has 10 nitrogen and oxygen atoms in total. The van der Waals surface area contributed by atoms with Gasteiger partial charge in [0.1, 0.15) is 23.1 Å². The highest BCUT2D eigenvalue weighted by Gasteiger charge is 2.26. The van der Waals surface area contributed by atoms with Crippen LogP contribution in [-0.2, 0) is 9.47 Å². The van der Waals surface area contributed by atoms with Crippen LogP contribution >= 0.6 is 0 Å². The standard InChI is InChI=1S/C28H36F3N7O3/c1-28(2,3)41-27(39)33-19-7-4-17(5-8-19)16-32-26-35-22(37-10-12-40-13-11-37)15-23(36-26)38-21-14-18(29)6-9-20(21)34-25(38)24(30)31/h6,9,14-15,17,19,24H,4-5,7-8,10-13,16H2,1-3H3,(H,33,39)(H,32,35,36). The van der Waals surface area contributed by atoms with E-state index in [1.54, 1.807) is 6.07 Å². The summed E-state index contributed by atoms with van der Waals surface area (Å²) < 4.78 is 54.4. The van der Waals surface area contributed by atoms with Gasteiger partial charge >= 0.3 is 6.09 Å². The van der Waals surface area contributed by atoms with E-state index in [-0.39, 0.29) is 28.8 Å². The predicted octanol–water partition coefficient (Wildman–Crippen LogP) is 5.22. The van der Waals surface area contributed by atoms with Gasteiger partial charge in [-0.2, -0.15) is 9.97 Å². The molecule has 0 radical (unpaired) electrons. The molecule has 13 heteroatoms. The van der Waals surface area contributed by atoms with E-state index in [9.17, 15) is 18.0 Å². The fraction of sp³-hybridized carbons (Fsp3) is 0.571. The molecule has 2 aliphatic rings. The Hall–Kier alpha value is -3.61. The first-order chi connectivity index (χ1) is 19.6. The van der Waals surface area contributed by atoms with E-state index >= 15 is 0 Å². The normalized spacial score (nSPS) is 19.9. The van der Waals surface area contributed by atoms with Gasteiger partial charge in [-0.3, -0.25) is 4.57 Å². The van der Waals surface area contributed by atoms with Gasteiger partial charge in [-0.1, -0.05) is 0 Å². The number of morpholine rings is 1. The quantitative estimate of drug-likeness (QED) is 0.395. The molecule has 1 aliphatic heterocycles. The number of anilines is 2. The Kier molecular flexibility index (Phi) is 8.52. The predicted molar refractivity (Wildman–Crippen MR) is 148 cm³/mol. The van der Waals surface area contributed by atoms with Crippen molar-refractivity contribution < 1.29 is 27.4 Å². The lowest BCUT2D eigenvalue weighted by atomic mass is 9.86. The van der Waals surface area contributed by atoms with Gasteiger partial charge < -0.3 is 25.0 Å². The number of alkyl carbamates (subject to hydrolysis) is 1. The van der Waals surface area contributed by atoms with Gasteiger partial charge in [-0.25, -0.2) is 22.9 Å². The maximum absolute atomic E-state index is 14.2. The molecule has 1 amide bonds. The topological polar surface area (TPSA) is 106 Å². The summed E-state index contributed by atoms with van der Waals surface area (Å²) in [6.07, 6.45) is 0.0868. The van der Waals surface area contributed by atoms with Crippen molar-refractivity contribution in [3.8, 4) is 5.82 Å². The number of imidazole rings is 1. The summed E-state index contributed by atoms with van der Waals surface area (Å²) in [5.74, 6) is 0.264. The van der Waals surface area contributed by atoms with E-state index in [1.807, 2.05) is 25.7 Å². The van der Waals surface area contributed by atoms with Gasteiger partial charge in [0.2, 0.25) is 5.95 Å². The molecule has 2 N–H and O–H groups in total. The highest BCUT2D eigenvalue weighted by atomic mass is 19.3. The highest BCUT2D eigenvalue weighted by molar-refractivity contribution is 5.78. The Morgan fingerprint density at radius 3 is 2.46 bits per heavy atom. The lowest BCUT2D eigenvalue weighted by Gasteiger charge is -2.30. The summed E-state index contributed by atoms with van der Waals surface area (Å²) in [6, 6.07) is 5.43. The number of aromatic nitrogens is 4. The molecule has 0 unspecified atom stereocenters. The molecular weight excluding hydrogens is 539 g/mol. The van der Waals surface area contributed by atoms with Crippen molar-refractivity contribution in [2.75, 3.05) is 43.1 Å². The minimum absolute atomic E-state index is 0.0521. The third kappa shape index (κ3) is 7.19. The molecule has 222 valence electrons. The third-order valence-electron chi connectivity index (χ3n) is 7.22. The number of benzene rings is 1. The van der Waals surface area contributed by atoms with E-state index in [1.165, 1.54) is 22.8 Å². The molecule has 1 aliphatic carbocycles. The summed E-state index contributed by atoms with van der Waals surface area (Å²) in [5, 5.41) is 6.25. The molecule has 1 aromatic carbocycles. The molecule has 41 heavy (non-hydrogen) atoms. The van der Waals surface area contributed by atoms with Crippen LogP contribution in [0, 0.1) is 11.7 Å². The second kappa shape index (κ2) is 12.1. The Morgan fingerprint density at radius 1 is 1.07 bits per heavy atom. The number of nitrogens with one attached hydrogen (secondary N) is 2. The maximum atomic E-state index is 14.2. The maximum Gasteiger partial charge on any atom is 0.407 e. The number of alkyl halides is 2. The van der Waals surface area contributed by atoms with Gasteiger partial charge in [0.25, 0.3) is 6.43 Å². The Bertz CT molecular complexity index is 1360. The zero-order valence-electron chi connectivity index (χ0n) is 23.5. The number of halogens is 3. The first-order valence-electron chi connectivity index (χ1n) is 14.0. The number of carbonyl (C=O) groups is 1. The fourth-order valence-corrected chi connectivity index (χ4v) is 5.25. The van der Waals surface area contributed by atoms with E-state index in [4.69, 9.17) is 14.5 Å². The summed E-state index contributed by atoms with van der Waals surface area (Å²) in [6.45, 7) is 8.29. The van der Waals surface area contributed by atoms with Crippen LogP contribution in [0.15, 0.2) is 24.3 Å². The smallest absolute Gasteiger partial charge is 0.407 e. The first-order valence-corrected chi connectivity index (χ1v) is 14.0. The lowest BCUT2D eigenvalue weighted by Crippen LogP contribution is -2.41.